The molecule has 2 heterocycles. The summed E-state index contributed by atoms with van der Waals surface area (Å²) in [5.74, 6) is 0.442. The van der Waals surface area contributed by atoms with Gasteiger partial charge in [-0.3, -0.25) is 0 Å². The van der Waals surface area contributed by atoms with Crippen molar-refractivity contribution in [1.82, 2.24) is 25.1 Å². The molecular formula is C27H24FN5. The second kappa shape index (κ2) is 8.92. The number of halogens is 1. The van der Waals surface area contributed by atoms with Crippen LogP contribution in [-0.2, 0) is 6.54 Å². The van der Waals surface area contributed by atoms with Gasteiger partial charge in [-0.05, 0) is 42.8 Å². The van der Waals surface area contributed by atoms with Crippen LogP contribution in [0.15, 0.2) is 85.3 Å². The average Bonchev–Trinajstić information content (AvgIpc) is 3.24. The normalized spacial score (nSPS) is 12.2. The molecule has 6 heteroatoms. The Morgan fingerprint density at radius 2 is 1.70 bits per heavy atom. The molecule has 5 aromatic rings. The Kier molecular flexibility index (Phi) is 5.67. The van der Waals surface area contributed by atoms with Crippen molar-refractivity contribution in [2.24, 2.45) is 0 Å². The Morgan fingerprint density at radius 1 is 0.939 bits per heavy atom. The third kappa shape index (κ3) is 4.25. The third-order valence-electron chi connectivity index (χ3n) is 5.92. The average molecular weight is 438 g/mol. The smallest absolute Gasteiger partial charge is 0.159 e. The van der Waals surface area contributed by atoms with Crippen LogP contribution in [0.25, 0.3) is 27.8 Å². The monoisotopic (exact) mass is 437 g/mol. The molecule has 1 N–H and O–H groups in total. The van der Waals surface area contributed by atoms with E-state index < -0.39 is 0 Å². The molecule has 1 atom stereocenters. The maximum atomic E-state index is 13.6. The maximum absolute atomic E-state index is 13.6. The molecule has 0 bridgehead atoms. The summed E-state index contributed by atoms with van der Waals surface area (Å²) in [5.41, 5.74) is 4.78. The predicted molar refractivity (Wildman–Crippen MR) is 128 cm³/mol. The van der Waals surface area contributed by atoms with Gasteiger partial charge in [0, 0.05) is 47.4 Å². The molecule has 5 rings (SSSR count). The van der Waals surface area contributed by atoms with Gasteiger partial charge in [0.2, 0.25) is 0 Å². The zero-order valence-corrected chi connectivity index (χ0v) is 18.5. The van der Waals surface area contributed by atoms with E-state index in [-0.39, 0.29) is 11.9 Å². The highest BCUT2D eigenvalue weighted by Crippen LogP contribution is 2.26. The quantitative estimate of drug-likeness (QED) is 0.366. The molecule has 33 heavy (non-hydrogen) atoms. The van der Waals surface area contributed by atoms with E-state index in [1.165, 1.54) is 17.5 Å². The van der Waals surface area contributed by atoms with Gasteiger partial charge in [-0.1, -0.05) is 48.5 Å². The van der Waals surface area contributed by atoms with Crippen molar-refractivity contribution in [1.29, 1.82) is 0 Å². The standard InChI is InChI=1S/C27H24FN5/c1-18(26-17-32-33(19(26)2)23-10-6-9-22(28)13-23)29-14-20-15-30-27(31-16-20)25-12-5-8-21-7-3-4-11-24(21)25/h3-13,15-18,29H,14H2,1-2H3/t18-/m1/s1. The summed E-state index contributed by atoms with van der Waals surface area (Å²) < 4.78 is 15.4. The first kappa shape index (κ1) is 21.0. The first-order chi connectivity index (χ1) is 16.1. The van der Waals surface area contributed by atoms with Crippen molar-refractivity contribution in [2.45, 2.75) is 26.4 Å². The molecule has 0 aliphatic rings. The van der Waals surface area contributed by atoms with Crippen molar-refractivity contribution < 1.29 is 4.39 Å². The number of aromatic nitrogens is 4. The Hall–Kier alpha value is -3.90. The van der Waals surface area contributed by atoms with Crippen LogP contribution in [-0.4, -0.2) is 19.7 Å². The van der Waals surface area contributed by atoms with Gasteiger partial charge in [0.25, 0.3) is 0 Å². The molecule has 2 aromatic heterocycles. The minimum absolute atomic E-state index is 0.0602. The molecule has 0 fully saturated rings. The fourth-order valence-electron chi connectivity index (χ4n) is 4.10. The van der Waals surface area contributed by atoms with E-state index in [4.69, 9.17) is 0 Å². The largest absolute Gasteiger partial charge is 0.306 e. The molecule has 0 saturated heterocycles. The molecule has 0 saturated carbocycles. The summed E-state index contributed by atoms with van der Waals surface area (Å²) in [6.07, 6.45) is 5.57. The van der Waals surface area contributed by atoms with Gasteiger partial charge in [0.1, 0.15) is 5.82 Å². The minimum atomic E-state index is -0.276. The second-order valence-electron chi connectivity index (χ2n) is 8.12. The number of benzene rings is 3. The lowest BCUT2D eigenvalue weighted by molar-refractivity contribution is 0.570. The Morgan fingerprint density at radius 3 is 2.52 bits per heavy atom. The summed E-state index contributed by atoms with van der Waals surface area (Å²) in [4.78, 5) is 9.23. The highest BCUT2D eigenvalue weighted by molar-refractivity contribution is 5.94. The van der Waals surface area contributed by atoms with Crippen LogP contribution in [0.5, 0.6) is 0 Å². The molecule has 0 amide bonds. The van der Waals surface area contributed by atoms with Gasteiger partial charge in [0.05, 0.1) is 11.9 Å². The van der Waals surface area contributed by atoms with Gasteiger partial charge >= 0.3 is 0 Å². The van der Waals surface area contributed by atoms with Gasteiger partial charge in [-0.25, -0.2) is 19.0 Å². The molecule has 0 radical (unpaired) electrons. The van der Waals surface area contributed by atoms with Crippen molar-refractivity contribution >= 4 is 10.8 Å². The predicted octanol–water partition coefficient (Wildman–Crippen LogP) is 5.78. The minimum Gasteiger partial charge on any atom is -0.306 e. The van der Waals surface area contributed by atoms with Gasteiger partial charge in [0.15, 0.2) is 5.82 Å². The Bertz CT molecular complexity index is 1400. The number of hydrogen-bond acceptors (Lipinski definition) is 4. The Labute approximate surface area is 192 Å². The molecule has 0 aliphatic carbocycles. The van der Waals surface area contributed by atoms with Crippen molar-refractivity contribution in [3.05, 3.63) is 108 Å². The number of hydrogen-bond donors (Lipinski definition) is 1. The lowest BCUT2D eigenvalue weighted by Crippen LogP contribution is -2.19. The first-order valence-electron chi connectivity index (χ1n) is 10.9. The van der Waals surface area contributed by atoms with E-state index in [0.29, 0.717) is 12.2 Å². The molecule has 5 nitrogen and oxygen atoms in total. The van der Waals surface area contributed by atoms with Gasteiger partial charge < -0.3 is 5.32 Å². The van der Waals surface area contributed by atoms with Crippen molar-refractivity contribution in [3.63, 3.8) is 0 Å². The van der Waals surface area contributed by atoms with Crippen LogP contribution in [0, 0.1) is 12.7 Å². The van der Waals surface area contributed by atoms with Crippen LogP contribution >= 0.6 is 0 Å². The summed E-state index contributed by atoms with van der Waals surface area (Å²) in [6, 6.07) is 20.9. The molecule has 0 aliphatic heterocycles. The molecule has 0 unspecified atom stereocenters. The van der Waals surface area contributed by atoms with Crippen LogP contribution < -0.4 is 5.32 Å². The number of rotatable bonds is 6. The summed E-state index contributed by atoms with van der Waals surface area (Å²) in [6.45, 7) is 4.71. The maximum Gasteiger partial charge on any atom is 0.159 e. The number of nitrogens with one attached hydrogen (secondary N) is 1. The summed E-state index contributed by atoms with van der Waals surface area (Å²) in [7, 11) is 0. The van der Waals surface area contributed by atoms with Crippen LogP contribution in [0.2, 0.25) is 0 Å². The van der Waals surface area contributed by atoms with Crippen LogP contribution in [0.4, 0.5) is 4.39 Å². The van der Waals surface area contributed by atoms with E-state index in [1.807, 2.05) is 49.8 Å². The second-order valence-corrected chi connectivity index (χ2v) is 8.12. The van der Waals surface area contributed by atoms with Crippen LogP contribution in [0.1, 0.15) is 29.8 Å². The summed E-state index contributed by atoms with van der Waals surface area (Å²) >= 11 is 0. The molecule has 0 spiro atoms. The third-order valence-corrected chi connectivity index (χ3v) is 5.92. The SMILES string of the molecule is Cc1c([C@@H](C)NCc2cnc(-c3cccc4ccccc34)nc2)cnn1-c1cccc(F)c1. The molecule has 164 valence electrons. The van der Waals surface area contributed by atoms with E-state index in [2.05, 4.69) is 51.6 Å². The fourth-order valence-corrected chi connectivity index (χ4v) is 4.10. The number of nitrogens with zero attached hydrogens (tertiary/aromatic N) is 4. The summed E-state index contributed by atoms with van der Waals surface area (Å²) in [5, 5.41) is 10.3. The van der Waals surface area contributed by atoms with Crippen molar-refractivity contribution in [2.75, 3.05) is 0 Å². The van der Waals surface area contributed by atoms with Gasteiger partial charge in [-0.2, -0.15) is 5.10 Å². The molecular weight excluding hydrogens is 413 g/mol. The van der Waals surface area contributed by atoms with Gasteiger partial charge in [-0.15, -0.1) is 0 Å². The first-order valence-corrected chi connectivity index (χ1v) is 10.9. The topological polar surface area (TPSA) is 55.6 Å². The lowest BCUT2D eigenvalue weighted by atomic mass is 10.0. The zero-order valence-electron chi connectivity index (χ0n) is 18.5. The number of fused-ring (bicyclic) bond motifs is 1. The highest BCUT2D eigenvalue weighted by atomic mass is 19.1. The van der Waals surface area contributed by atoms with Crippen molar-refractivity contribution in [3.8, 4) is 17.1 Å². The highest BCUT2D eigenvalue weighted by Gasteiger charge is 2.15. The van der Waals surface area contributed by atoms with E-state index >= 15 is 0 Å². The van der Waals surface area contributed by atoms with Crippen LogP contribution in [0.3, 0.4) is 0 Å². The van der Waals surface area contributed by atoms with E-state index in [9.17, 15) is 4.39 Å². The van der Waals surface area contributed by atoms with E-state index in [1.54, 1.807) is 10.7 Å². The Balaban J connectivity index is 1.29. The lowest BCUT2D eigenvalue weighted by Gasteiger charge is -2.14. The fraction of sp³-hybridized carbons (Fsp3) is 0.148. The molecule has 3 aromatic carbocycles. The van der Waals surface area contributed by atoms with E-state index in [0.717, 1.165) is 33.6 Å². The zero-order chi connectivity index (χ0) is 22.8.